The first-order valence-electron chi connectivity index (χ1n) is 10.6. The molecular formula is C22H29ClN4O3S3. The number of aryl methyl sites for hydroxylation is 2. The Bertz CT molecular complexity index is 1190. The Morgan fingerprint density at radius 2 is 1.91 bits per heavy atom. The third-order valence-electron chi connectivity index (χ3n) is 5.75. The Balaban J connectivity index is 0.00000306. The Kier molecular flexibility index (Phi) is 8.19. The van der Waals surface area contributed by atoms with Gasteiger partial charge in [0.15, 0.2) is 5.13 Å². The highest BCUT2D eigenvalue weighted by atomic mass is 35.5. The third-order valence-corrected chi connectivity index (χ3v) is 10.2. The summed E-state index contributed by atoms with van der Waals surface area (Å²) in [5.74, 6) is -0.196. The molecule has 0 bridgehead atoms. The minimum atomic E-state index is -3.70. The minimum Gasteiger partial charge on any atom is -0.308 e. The molecule has 3 aromatic rings. The first kappa shape index (κ1) is 26.1. The van der Waals surface area contributed by atoms with E-state index in [1.807, 2.05) is 38.9 Å². The van der Waals surface area contributed by atoms with Crippen LogP contribution in [0, 0.1) is 13.8 Å². The molecule has 1 amide bonds. The molecule has 180 valence electrons. The van der Waals surface area contributed by atoms with Crippen LogP contribution in [0.1, 0.15) is 24.0 Å². The number of hydrogen-bond donors (Lipinski definition) is 0. The van der Waals surface area contributed by atoms with Gasteiger partial charge in [0.05, 0.1) is 10.2 Å². The van der Waals surface area contributed by atoms with Gasteiger partial charge in [0.25, 0.3) is 10.0 Å². The number of rotatable bonds is 7. The zero-order valence-electron chi connectivity index (χ0n) is 19.1. The molecular weight excluding hydrogens is 500 g/mol. The smallest absolute Gasteiger partial charge is 0.253 e. The monoisotopic (exact) mass is 528 g/mol. The fourth-order valence-electron chi connectivity index (χ4n) is 3.94. The molecule has 33 heavy (non-hydrogen) atoms. The van der Waals surface area contributed by atoms with Crippen molar-refractivity contribution in [1.82, 2.24) is 14.2 Å². The number of halogens is 1. The van der Waals surface area contributed by atoms with Gasteiger partial charge in [-0.15, -0.1) is 23.7 Å². The van der Waals surface area contributed by atoms with E-state index < -0.39 is 16.1 Å². The van der Waals surface area contributed by atoms with Crippen molar-refractivity contribution in [3.05, 3.63) is 40.8 Å². The van der Waals surface area contributed by atoms with E-state index in [0.29, 0.717) is 37.6 Å². The summed E-state index contributed by atoms with van der Waals surface area (Å²) >= 11 is 2.69. The number of nitrogens with zero attached hydrogens (tertiary/aromatic N) is 4. The molecule has 1 aliphatic rings. The third kappa shape index (κ3) is 5.11. The van der Waals surface area contributed by atoms with Gasteiger partial charge in [-0.25, -0.2) is 13.4 Å². The topological polar surface area (TPSA) is 73.8 Å². The zero-order valence-corrected chi connectivity index (χ0v) is 22.4. The summed E-state index contributed by atoms with van der Waals surface area (Å²) in [5, 5.41) is 2.37. The molecule has 7 nitrogen and oxygen atoms in total. The van der Waals surface area contributed by atoms with Crippen molar-refractivity contribution in [2.24, 2.45) is 0 Å². The Morgan fingerprint density at radius 1 is 1.18 bits per heavy atom. The number of carbonyl (C=O) groups excluding carboxylic acids is 1. The molecule has 0 saturated carbocycles. The molecule has 2 aromatic heterocycles. The molecule has 1 fully saturated rings. The average Bonchev–Trinajstić information content (AvgIpc) is 3.51. The van der Waals surface area contributed by atoms with Crippen LogP contribution in [0.3, 0.4) is 0 Å². The molecule has 1 aliphatic heterocycles. The summed E-state index contributed by atoms with van der Waals surface area (Å²) in [6.45, 7) is 5.53. The summed E-state index contributed by atoms with van der Waals surface area (Å²) in [6.07, 6.45) is 1.19. The quantitative estimate of drug-likeness (QED) is 0.460. The molecule has 0 aliphatic carbocycles. The first-order valence-corrected chi connectivity index (χ1v) is 13.7. The number of hydrogen-bond acceptors (Lipinski definition) is 7. The lowest BCUT2D eigenvalue weighted by molar-refractivity contribution is -0.121. The molecule has 1 unspecified atom stereocenters. The van der Waals surface area contributed by atoms with Crippen molar-refractivity contribution in [1.29, 1.82) is 0 Å². The van der Waals surface area contributed by atoms with Crippen molar-refractivity contribution in [3.8, 4) is 0 Å². The van der Waals surface area contributed by atoms with Gasteiger partial charge in [0, 0.05) is 19.6 Å². The van der Waals surface area contributed by atoms with E-state index in [4.69, 9.17) is 4.98 Å². The Hall–Kier alpha value is -1.56. The second kappa shape index (κ2) is 10.4. The van der Waals surface area contributed by atoms with E-state index in [2.05, 4.69) is 6.07 Å². The van der Waals surface area contributed by atoms with Gasteiger partial charge in [-0.1, -0.05) is 29.5 Å². The fraction of sp³-hybridized carbons (Fsp3) is 0.455. The minimum absolute atomic E-state index is 0. The number of thiazole rings is 1. The highest BCUT2D eigenvalue weighted by Crippen LogP contribution is 2.35. The van der Waals surface area contributed by atoms with E-state index in [-0.39, 0.29) is 22.5 Å². The van der Waals surface area contributed by atoms with Crippen LogP contribution in [-0.2, 0) is 14.8 Å². The number of carbonyl (C=O) groups is 1. The second-order valence-corrected chi connectivity index (χ2v) is 12.4. The average molecular weight is 529 g/mol. The van der Waals surface area contributed by atoms with E-state index in [1.54, 1.807) is 22.4 Å². The number of sulfonamides is 1. The van der Waals surface area contributed by atoms with Crippen LogP contribution in [-0.4, -0.2) is 68.3 Å². The van der Waals surface area contributed by atoms with Crippen molar-refractivity contribution in [3.63, 3.8) is 0 Å². The molecule has 1 atom stereocenters. The highest BCUT2D eigenvalue weighted by Gasteiger charge is 2.42. The number of thiophene rings is 1. The van der Waals surface area contributed by atoms with Crippen LogP contribution in [0.25, 0.3) is 10.2 Å². The number of likely N-dealkylation sites (N-methyl/N-ethyl adjacent to an activating group) is 1. The molecule has 1 aromatic carbocycles. The second-order valence-electron chi connectivity index (χ2n) is 8.37. The van der Waals surface area contributed by atoms with Crippen molar-refractivity contribution in [2.45, 2.75) is 36.9 Å². The molecule has 0 N–H and O–H groups in total. The van der Waals surface area contributed by atoms with Gasteiger partial charge >= 0.3 is 0 Å². The lowest BCUT2D eigenvalue weighted by Gasteiger charge is -2.29. The molecule has 3 heterocycles. The van der Waals surface area contributed by atoms with E-state index in [9.17, 15) is 13.2 Å². The maximum Gasteiger partial charge on any atom is 0.253 e. The van der Waals surface area contributed by atoms with Crippen LogP contribution < -0.4 is 4.90 Å². The maximum atomic E-state index is 13.8. The molecule has 1 saturated heterocycles. The number of anilines is 1. The first-order chi connectivity index (χ1) is 15.2. The summed E-state index contributed by atoms with van der Waals surface area (Å²) in [4.78, 5) is 22.3. The standard InChI is InChI=1S/C22H28N4O3S3.ClH/c1-15-9-10-16(2)20-19(15)23-22(31-20)25(13-12-24(3)4)21(27)17-7-5-11-26(17)32(28,29)18-8-6-14-30-18;/h6,8-10,14,17H,5,7,11-13H2,1-4H3;1H. The molecule has 0 spiro atoms. The van der Waals surface area contributed by atoms with Gasteiger partial charge in [-0.05, 0) is 63.4 Å². The molecule has 4 rings (SSSR count). The van der Waals surface area contributed by atoms with E-state index in [1.165, 1.54) is 27.0 Å². The van der Waals surface area contributed by atoms with Crippen molar-refractivity contribution in [2.75, 3.05) is 38.6 Å². The summed E-state index contributed by atoms with van der Waals surface area (Å²) in [6, 6.07) is 6.72. The van der Waals surface area contributed by atoms with Crippen LogP contribution in [0.2, 0.25) is 0 Å². The Labute approximate surface area is 209 Å². The van der Waals surface area contributed by atoms with Gasteiger partial charge < -0.3 is 4.90 Å². The Morgan fingerprint density at radius 3 is 2.55 bits per heavy atom. The fourth-order valence-corrected chi connectivity index (χ4v) is 7.86. The molecule has 11 heteroatoms. The zero-order chi connectivity index (χ0) is 23.0. The van der Waals surface area contributed by atoms with E-state index >= 15 is 0 Å². The normalized spacial score (nSPS) is 16.9. The van der Waals surface area contributed by atoms with Crippen LogP contribution >= 0.6 is 35.1 Å². The lowest BCUT2D eigenvalue weighted by Crippen LogP contribution is -2.49. The maximum absolute atomic E-state index is 13.8. The van der Waals surface area contributed by atoms with Gasteiger partial charge in [-0.3, -0.25) is 9.69 Å². The van der Waals surface area contributed by atoms with Gasteiger partial charge in [-0.2, -0.15) is 4.31 Å². The summed E-state index contributed by atoms with van der Waals surface area (Å²) in [7, 11) is 0.216. The number of fused-ring (bicyclic) bond motifs is 1. The van der Waals surface area contributed by atoms with Crippen LogP contribution in [0.4, 0.5) is 5.13 Å². The number of benzene rings is 1. The summed E-state index contributed by atoms with van der Waals surface area (Å²) in [5.41, 5.74) is 3.09. The predicted octanol–water partition coefficient (Wildman–Crippen LogP) is 4.14. The predicted molar refractivity (Wildman–Crippen MR) is 138 cm³/mol. The lowest BCUT2D eigenvalue weighted by atomic mass is 10.1. The van der Waals surface area contributed by atoms with Crippen molar-refractivity contribution < 1.29 is 13.2 Å². The highest BCUT2D eigenvalue weighted by molar-refractivity contribution is 7.91. The largest absolute Gasteiger partial charge is 0.308 e. The van der Waals surface area contributed by atoms with E-state index in [0.717, 1.165) is 21.3 Å². The van der Waals surface area contributed by atoms with Gasteiger partial charge in [0.2, 0.25) is 5.91 Å². The van der Waals surface area contributed by atoms with Crippen molar-refractivity contribution >= 4 is 66.4 Å². The summed E-state index contributed by atoms with van der Waals surface area (Å²) < 4.78 is 29.2. The SMILES string of the molecule is Cc1ccc(C)c2sc(N(CCN(C)C)C(=O)C3CCCN3S(=O)(=O)c3cccs3)nc12.Cl. The van der Waals surface area contributed by atoms with Crippen LogP contribution in [0.5, 0.6) is 0 Å². The number of aromatic nitrogens is 1. The van der Waals surface area contributed by atoms with Gasteiger partial charge in [0.1, 0.15) is 10.3 Å². The number of amides is 1. The van der Waals surface area contributed by atoms with Crippen LogP contribution in [0.15, 0.2) is 33.9 Å². The molecule has 0 radical (unpaired) electrons.